The van der Waals surface area contributed by atoms with Crippen molar-refractivity contribution < 1.29 is 4.92 Å². The maximum absolute atomic E-state index is 10.9. The van der Waals surface area contributed by atoms with E-state index in [-0.39, 0.29) is 11.7 Å². The van der Waals surface area contributed by atoms with Gasteiger partial charge in [-0.1, -0.05) is 29.8 Å². The number of para-hydroxylation sites is 1. The Hall–Kier alpha value is -2.34. The molecule has 0 radical (unpaired) electrons. The molecule has 1 atom stereocenters. The van der Waals surface area contributed by atoms with Crippen molar-refractivity contribution in [3.05, 3.63) is 57.2 Å². The van der Waals surface area contributed by atoms with Crippen LogP contribution in [0.1, 0.15) is 12.5 Å². The minimum atomic E-state index is -0.488. The van der Waals surface area contributed by atoms with Gasteiger partial charge < -0.3 is 9.80 Å². The third-order valence-corrected chi connectivity index (χ3v) is 4.38. The molecule has 0 saturated heterocycles. The SMILES string of the molecule is C[C@H]1CN(C)c2ccccc2CN1c1ncc([N+](=O)[O-])cc1Cl. The number of aromatic nitrogens is 1. The van der Waals surface area contributed by atoms with Gasteiger partial charge >= 0.3 is 0 Å². The Morgan fingerprint density at radius 1 is 1.39 bits per heavy atom. The van der Waals surface area contributed by atoms with Crippen LogP contribution in [0.15, 0.2) is 36.5 Å². The first-order chi connectivity index (χ1) is 11.0. The summed E-state index contributed by atoms with van der Waals surface area (Å²) in [5, 5.41) is 11.2. The van der Waals surface area contributed by atoms with E-state index in [0.717, 1.165) is 6.54 Å². The summed E-state index contributed by atoms with van der Waals surface area (Å²) in [7, 11) is 2.06. The van der Waals surface area contributed by atoms with E-state index in [2.05, 4.69) is 40.9 Å². The van der Waals surface area contributed by atoms with Gasteiger partial charge in [0.1, 0.15) is 12.0 Å². The van der Waals surface area contributed by atoms with Crippen molar-refractivity contribution in [3.8, 4) is 0 Å². The van der Waals surface area contributed by atoms with Crippen LogP contribution in [0.5, 0.6) is 0 Å². The lowest BCUT2D eigenvalue weighted by molar-refractivity contribution is -0.385. The highest BCUT2D eigenvalue weighted by Gasteiger charge is 2.26. The molecule has 0 aliphatic carbocycles. The predicted octanol–water partition coefficient (Wildman–Crippen LogP) is 3.49. The third kappa shape index (κ3) is 2.94. The topological polar surface area (TPSA) is 62.5 Å². The Morgan fingerprint density at radius 2 is 2.13 bits per heavy atom. The number of anilines is 2. The van der Waals surface area contributed by atoms with Gasteiger partial charge in [-0.05, 0) is 18.6 Å². The number of rotatable bonds is 2. The zero-order valence-corrected chi connectivity index (χ0v) is 13.7. The lowest BCUT2D eigenvalue weighted by atomic mass is 10.1. The molecule has 0 spiro atoms. The summed E-state index contributed by atoms with van der Waals surface area (Å²) in [5.41, 5.74) is 2.26. The summed E-state index contributed by atoms with van der Waals surface area (Å²) in [6, 6.07) is 9.72. The highest BCUT2D eigenvalue weighted by atomic mass is 35.5. The molecule has 0 N–H and O–H groups in total. The molecular formula is C16H17ClN4O2. The van der Waals surface area contributed by atoms with Crippen LogP contribution in [0.2, 0.25) is 5.02 Å². The van der Waals surface area contributed by atoms with Crippen LogP contribution < -0.4 is 9.80 Å². The predicted molar refractivity (Wildman–Crippen MR) is 91.3 cm³/mol. The van der Waals surface area contributed by atoms with Gasteiger partial charge in [-0.15, -0.1) is 0 Å². The number of nitro groups is 1. The highest BCUT2D eigenvalue weighted by molar-refractivity contribution is 6.33. The van der Waals surface area contributed by atoms with Crippen LogP contribution in [0, 0.1) is 10.1 Å². The summed E-state index contributed by atoms with van der Waals surface area (Å²) in [4.78, 5) is 18.9. The molecule has 1 aliphatic rings. The Kier molecular flexibility index (Phi) is 4.09. The van der Waals surface area contributed by atoms with Gasteiger partial charge in [-0.25, -0.2) is 4.98 Å². The molecule has 23 heavy (non-hydrogen) atoms. The number of hydrogen-bond acceptors (Lipinski definition) is 5. The molecule has 0 bridgehead atoms. The van der Waals surface area contributed by atoms with Gasteiger partial charge in [0.2, 0.25) is 0 Å². The molecule has 1 aromatic carbocycles. The molecule has 0 amide bonds. The third-order valence-electron chi connectivity index (χ3n) is 4.10. The molecule has 1 aliphatic heterocycles. The van der Waals surface area contributed by atoms with Gasteiger partial charge in [0.15, 0.2) is 0 Å². The number of likely N-dealkylation sites (N-methyl/N-ethyl adjacent to an activating group) is 1. The van der Waals surface area contributed by atoms with E-state index < -0.39 is 4.92 Å². The van der Waals surface area contributed by atoms with E-state index in [4.69, 9.17) is 11.6 Å². The van der Waals surface area contributed by atoms with Crippen molar-refractivity contribution in [1.29, 1.82) is 0 Å². The fraction of sp³-hybridized carbons (Fsp3) is 0.312. The molecule has 120 valence electrons. The summed E-state index contributed by atoms with van der Waals surface area (Å²) >= 11 is 6.27. The Balaban J connectivity index is 2.01. The van der Waals surface area contributed by atoms with Gasteiger partial charge in [-0.2, -0.15) is 0 Å². The van der Waals surface area contributed by atoms with Crippen LogP contribution in [0.25, 0.3) is 0 Å². The van der Waals surface area contributed by atoms with Crippen molar-refractivity contribution in [3.63, 3.8) is 0 Å². The van der Waals surface area contributed by atoms with E-state index in [9.17, 15) is 10.1 Å². The number of pyridine rings is 1. The van der Waals surface area contributed by atoms with E-state index in [1.165, 1.54) is 23.5 Å². The zero-order chi connectivity index (χ0) is 16.6. The van der Waals surface area contributed by atoms with Gasteiger partial charge in [0.05, 0.1) is 9.95 Å². The van der Waals surface area contributed by atoms with Gasteiger partial charge in [-0.3, -0.25) is 10.1 Å². The standard InChI is InChI=1S/C16H17ClN4O2/c1-11-9-19(2)15-6-4-3-5-12(15)10-20(11)16-14(17)7-13(8-18-16)21(22)23/h3-8,11H,9-10H2,1-2H3/t11-/m0/s1. The molecule has 0 fully saturated rings. The lowest BCUT2D eigenvalue weighted by Gasteiger charge is -2.30. The van der Waals surface area contributed by atoms with E-state index in [1.807, 2.05) is 12.1 Å². The molecule has 0 unspecified atom stereocenters. The molecule has 7 heteroatoms. The lowest BCUT2D eigenvalue weighted by Crippen LogP contribution is -2.38. The van der Waals surface area contributed by atoms with Crippen LogP contribution in [0.3, 0.4) is 0 Å². The normalized spacial score (nSPS) is 17.6. The van der Waals surface area contributed by atoms with E-state index in [1.54, 1.807) is 0 Å². The smallest absolute Gasteiger partial charge is 0.289 e. The largest absolute Gasteiger partial charge is 0.372 e. The molecule has 6 nitrogen and oxygen atoms in total. The minimum Gasteiger partial charge on any atom is -0.372 e. The first kappa shape index (κ1) is 15.6. The summed E-state index contributed by atoms with van der Waals surface area (Å²) < 4.78 is 0. The second kappa shape index (κ2) is 6.04. The average molecular weight is 333 g/mol. The zero-order valence-electron chi connectivity index (χ0n) is 12.9. The van der Waals surface area contributed by atoms with Crippen molar-refractivity contribution in [1.82, 2.24) is 4.98 Å². The number of nitrogens with zero attached hydrogens (tertiary/aromatic N) is 4. The Bertz CT molecular complexity index is 753. The molecule has 3 rings (SSSR count). The summed E-state index contributed by atoms with van der Waals surface area (Å²) in [5.74, 6) is 0.579. The molecule has 2 aromatic rings. The van der Waals surface area contributed by atoms with Crippen molar-refractivity contribution in [2.75, 3.05) is 23.4 Å². The van der Waals surface area contributed by atoms with Crippen molar-refractivity contribution in [2.45, 2.75) is 19.5 Å². The molecule has 1 aromatic heterocycles. The van der Waals surface area contributed by atoms with Crippen LogP contribution in [-0.2, 0) is 6.54 Å². The van der Waals surface area contributed by atoms with E-state index in [0.29, 0.717) is 17.4 Å². The number of hydrogen-bond donors (Lipinski definition) is 0. The Labute approximate surface area is 139 Å². The van der Waals surface area contributed by atoms with Crippen LogP contribution in [0.4, 0.5) is 17.2 Å². The first-order valence-electron chi connectivity index (χ1n) is 7.33. The molecule has 0 saturated carbocycles. The number of benzene rings is 1. The minimum absolute atomic E-state index is 0.0984. The van der Waals surface area contributed by atoms with Gasteiger partial charge in [0.25, 0.3) is 5.69 Å². The van der Waals surface area contributed by atoms with Crippen molar-refractivity contribution in [2.24, 2.45) is 0 Å². The monoisotopic (exact) mass is 332 g/mol. The van der Waals surface area contributed by atoms with Gasteiger partial charge in [0, 0.05) is 37.9 Å². The second-order valence-corrected chi connectivity index (χ2v) is 6.15. The second-order valence-electron chi connectivity index (χ2n) is 5.74. The van der Waals surface area contributed by atoms with Crippen LogP contribution >= 0.6 is 11.6 Å². The Morgan fingerprint density at radius 3 is 2.83 bits per heavy atom. The number of halogens is 1. The first-order valence-corrected chi connectivity index (χ1v) is 7.71. The summed E-state index contributed by atoms with van der Waals surface area (Å²) in [6.45, 7) is 3.57. The quantitative estimate of drug-likeness (QED) is 0.622. The van der Waals surface area contributed by atoms with Crippen LogP contribution in [-0.4, -0.2) is 29.5 Å². The maximum Gasteiger partial charge on any atom is 0.289 e. The maximum atomic E-state index is 10.9. The fourth-order valence-electron chi connectivity index (χ4n) is 2.96. The molecule has 2 heterocycles. The summed E-state index contributed by atoms with van der Waals surface area (Å²) in [6.07, 6.45) is 1.26. The fourth-order valence-corrected chi connectivity index (χ4v) is 3.23. The molecular weight excluding hydrogens is 316 g/mol. The average Bonchev–Trinajstić information content (AvgIpc) is 2.64. The van der Waals surface area contributed by atoms with E-state index >= 15 is 0 Å². The van der Waals surface area contributed by atoms with Crippen molar-refractivity contribution >= 4 is 28.8 Å². The highest BCUT2D eigenvalue weighted by Crippen LogP contribution is 2.33. The number of fused-ring (bicyclic) bond motifs is 1.